The van der Waals surface area contributed by atoms with Crippen molar-refractivity contribution in [3.63, 3.8) is 0 Å². The molecular weight excluding hydrogens is 393 g/mol. The number of carbonyl (C=O) groups excluding carboxylic acids is 2. The largest absolute Gasteiger partial charge is 0.369 e. The molecule has 2 fully saturated rings. The number of nitrogens with zero attached hydrogens (tertiary/aromatic N) is 2. The van der Waals surface area contributed by atoms with Gasteiger partial charge in [-0.05, 0) is 44.4 Å². The fraction of sp³-hybridized carbons (Fsp3) is 0.389. The molecular formula is C18H17Cl2N3O2S. The van der Waals surface area contributed by atoms with Crippen LogP contribution in [0.1, 0.15) is 35.3 Å². The number of amides is 2. The Morgan fingerprint density at radius 1 is 1.31 bits per heavy atom. The molecule has 0 unspecified atom stereocenters. The lowest BCUT2D eigenvalue weighted by molar-refractivity contribution is -0.123. The summed E-state index contributed by atoms with van der Waals surface area (Å²) in [5.74, 6) is -0.475. The number of fused-ring (bicyclic) bond motifs is 1. The van der Waals surface area contributed by atoms with Gasteiger partial charge in [0.15, 0.2) is 0 Å². The molecule has 1 aliphatic heterocycles. The van der Waals surface area contributed by atoms with Crippen molar-refractivity contribution in [3.8, 4) is 10.4 Å². The third-order valence-corrected chi connectivity index (χ3v) is 7.11. The molecule has 2 heterocycles. The molecule has 0 spiro atoms. The average Bonchev–Trinajstić information content (AvgIpc) is 3.01. The zero-order valence-electron chi connectivity index (χ0n) is 14.3. The van der Waals surface area contributed by atoms with Crippen LogP contribution in [-0.2, 0) is 4.79 Å². The fourth-order valence-electron chi connectivity index (χ4n) is 4.04. The van der Waals surface area contributed by atoms with Gasteiger partial charge in [0.2, 0.25) is 5.91 Å². The number of thiazole rings is 1. The minimum absolute atomic E-state index is 0.0441. The molecule has 2 N–H and O–H groups in total. The second-order valence-corrected chi connectivity index (χ2v) is 9.06. The van der Waals surface area contributed by atoms with E-state index in [4.69, 9.17) is 28.9 Å². The number of halogens is 2. The summed E-state index contributed by atoms with van der Waals surface area (Å²) in [5, 5.41) is 1.68. The monoisotopic (exact) mass is 409 g/mol. The van der Waals surface area contributed by atoms with Crippen LogP contribution < -0.4 is 5.73 Å². The average molecular weight is 410 g/mol. The predicted molar refractivity (Wildman–Crippen MR) is 103 cm³/mol. The van der Waals surface area contributed by atoms with Gasteiger partial charge in [-0.2, -0.15) is 0 Å². The van der Waals surface area contributed by atoms with Crippen LogP contribution in [0, 0.1) is 12.3 Å². The molecule has 136 valence electrons. The summed E-state index contributed by atoms with van der Waals surface area (Å²) in [7, 11) is 0. The topological polar surface area (TPSA) is 76.3 Å². The third kappa shape index (κ3) is 2.54. The predicted octanol–water partition coefficient (Wildman–Crippen LogP) is 3.90. The van der Waals surface area contributed by atoms with E-state index in [1.165, 1.54) is 11.3 Å². The highest BCUT2D eigenvalue weighted by atomic mass is 35.5. The Hall–Kier alpha value is -1.63. The Morgan fingerprint density at radius 2 is 2.04 bits per heavy atom. The van der Waals surface area contributed by atoms with Gasteiger partial charge in [-0.15, -0.1) is 11.3 Å². The molecule has 1 saturated heterocycles. The number of aromatic nitrogens is 1. The van der Waals surface area contributed by atoms with E-state index in [2.05, 4.69) is 4.98 Å². The zero-order chi connectivity index (χ0) is 18.8. The SMILES string of the molecule is Cc1nc(C(=O)N2[C@H]3C[C@]3(C(N)=O)C[C@@H]2C)c(-c2ccc(Cl)c(Cl)c2)s1. The molecule has 26 heavy (non-hydrogen) atoms. The molecule has 1 aliphatic carbocycles. The van der Waals surface area contributed by atoms with Crippen molar-refractivity contribution in [1.82, 2.24) is 9.88 Å². The lowest BCUT2D eigenvalue weighted by Crippen LogP contribution is -2.37. The minimum atomic E-state index is -0.552. The van der Waals surface area contributed by atoms with Gasteiger partial charge in [-0.25, -0.2) is 4.98 Å². The van der Waals surface area contributed by atoms with Crippen molar-refractivity contribution in [1.29, 1.82) is 0 Å². The van der Waals surface area contributed by atoms with E-state index in [0.717, 1.165) is 15.4 Å². The van der Waals surface area contributed by atoms with E-state index in [1.54, 1.807) is 17.0 Å². The first-order chi connectivity index (χ1) is 12.2. The lowest BCUT2D eigenvalue weighted by Gasteiger charge is -2.24. The van der Waals surface area contributed by atoms with Gasteiger partial charge >= 0.3 is 0 Å². The molecule has 5 nitrogen and oxygen atoms in total. The van der Waals surface area contributed by atoms with Gasteiger partial charge in [0.25, 0.3) is 5.91 Å². The van der Waals surface area contributed by atoms with Gasteiger partial charge < -0.3 is 10.6 Å². The first-order valence-corrected chi connectivity index (χ1v) is 9.87. The van der Waals surface area contributed by atoms with Crippen molar-refractivity contribution in [2.24, 2.45) is 11.1 Å². The summed E-state index contributed by atoms with van der Waals surface area (Å²) in [6.07, 6.45) is 1.26. The minimum Gasteiger partial charge on any atom is -0.369 e. The number of hydrogen-bond acceptors (Lipinski definition) is 4. The van der Waals surface area contributed by atoms with Crippen molar-refractivity contribution < 1.29 is 9.59 Å². The number of piperidine rings is 1. The van der Waals surface area contributed by atoms with E-state index in [1.807, 2.05) is 19.9 Å². The Kier molecular flexibility index (Phi) is 4.06. The van der Waals surface area contributed by atoms with Gasteiger partial charge in [-0.1, -0.05) is 29.3 Å². The number of likely N-dealkylation sites (tertiary alicyclic amines) is 1. The Balaban J connectivity index is 1.72. The second kappa shape index (κ2) is 5.94. The molecule has 8 heteroatoms. The maximum atomic E-state index is 13.3. The van der Waals surface area contributed by atoms with E-state index < -0.39 is 5.41 Å². The van der Waals surface area contributed by atoms with E-state index in [0.29, 0.717) is 28.6 Å². The molecule has 2 aromatic rings. The zero-order valence-corrected chi connectivity index (χ0v) is 16.6. The summed E-state index contributed by atoms with van der Waals surface area (Å²) in [4.78, 5) is 32.1. The standard InChI is InChI=1S/C18H17Cl2N3O2S/c1-8-6-18(17(21)25)7-13(18)23(8)16(24)14-15(26-9(2)22-14)10-3-4-11(19)12(20)5-10/h3-5,8,13H,6-7H2,1-2H3,(H2,21,25)/t8-,13-,18+/m0/s1. The van der Waals surface area contributed by atoms with Crippen LogP contribution in [0.4, 0.5) is 0 Å². The summed E-state index contributed by atoms with van der Waals surface area (Å²) in [5.41, 5.74) is 6.22. The van der Waals surface area contributed by atoms with Crippen LogP contribution in [-0.4, -0.2) is 33.8 Å². The summed E-state index contributed by atoms with van der Waals surface area (Å²) >= 11 is 13.6. The van der Waals surface area contributed by atoms with Crippen molar-refractivity contribution >= 4 is 46.4 Å². The molecule has 0 radical (unpaired) electrons. The number of rotatable bonds is 3. The molecule has 1 aromatic heterocycles. The summed E-state index contributed by atoms with van der Waals surface area (Å²) in [6, 6.07) is 5.12. The van der Waals surface area contributed by atoms with Crippen LogP contribution in [0.2, 0.25) is 10.0 Å². The Labute approximate surface area is 165 Å². The molecule has 1 saturated carbocycles. The Morgan fingerprint density at radius 3 is 2.65 bits per heavy atom. The van der Waals surface area contributed by atoms with Crippen molar-refractivity contribution in [2.75, 3.05) is 0 Å². The van der Waals surface area contributed by atoms with Crippen LogP contribution in [0.15, 0.2) is 18.2 Å². The summed E-state index contributed by atoms with van der Waals surface area (Å²) in [6.45, 7) is 3.81. The molecule has 1 aromatic carbocycles. The van der Waals surface area contributed by atoms with Gasteiger partial charge in [0.1, 0.15) is 5.69 Å². The van der Waals surface area contributed by atoms with Crippen LogP contribution in [0.3, 0.4) is 0 Å². The first kappa shape index (κ1) is 17.8. The molecule has 2 amide bonds. The Bertz CT molecular complexity index is 945. The molecule has 4 rings (SSSR count). The normalized spacial score (nSPS) is 26.7. The molecule has 2 aliphatic rings. The van der Waals surface area contributed by atoms with Gasteiger partial charge in [-0.3, -0.25) is 9.59 Å². The number of benzene rings is 1. The molecule has 0 bridgehead atoms. The van der Waals surface area contributed by atoms with E-state index in [-0.39, 0.29) is 23.9 Å². The van der Waals surface area contributed by atoms with Crippen molar-refractivity contribution in [2.45, 2.75) is 38.8 Å². The maximum Gasteiger partial charge on any atom is 0.274 e. The number of carbonyl (C=O) groups is 2. The van der Waals surface area contributed by atoms with Crippen LogP contribution in [0.5, 0.6) is 0 Å². The first-order valence-electron chi connectivity index (χ1n) is 8.30. The quantitative estimate of drug-likeness (QED) is 0.834. The number of nitrogens with two attached hydrogens (primary N) is 1. The third-order valence-electron chi connectivity index (χ3n) is 5.35. The van der Waals surface area contributed by atoms with E-state index >= 15 is 0 Å². The lowest BCUT2D eigenvalue weighted by atomic mass is 10.00. The highest BCUT2D eigenvalue weighted by Gasteiger charge is 2.68. The number of primary amides is 1. The number of hydrogen-bond donors (Lipinski definition) is 1. The highest BCUT2D eigenvalue weighted by Crippen LogP contribution is 2.59. The van der Waals surface area contributed by atoms with Crippen LogP contribution >= 0.6 is 34.5 Å². The van der Waals surface area contributed by atoms with Crippen molar-refractivity contribution in [3.05, 3.63) is 38.9 Å². The highest BCUT2D eigenvalue weighted by molar-refractivity contribution is 7.15. The van der Waals surface area contributed by atoms with E-state index in [9.17, 15) is 9.59 Å². The van der Waals surface area contributed by atoms with Gasteiger partial charge in [0, 0.05) is 12.1 Å². The maximum absolute atomic E-state index is 13.3. The summed E-state index contributed by atoms with van der Waals surface area (Å²) < 4.78 is 0. The van der Waals surface area contributed by atoms with Gasteiger partial charge in [0.05, 0.1) is 25.3 Å². The smallest absolute Gasteiger partial charge is 0.274 e. The number of aryl methyl sites for hydroxylation is 1. The second-order valence-electron chi connectivity index (χ2n) is 7.05. The molecule has 3 atom stereocenters. The van der Waals surface area contributed by atoms with Crippen LogP contribution in [0.25, 0.3) is 10.4 Å². The fourth-order valence-corrected chi connectivity index (χ4v) is 5.24.